The van der Waals surface area contributed by atoms with Gasteiger partial charge in [-0.3, -0.25) is 11.3 Å². The van der Waals surface area contributed by atoms with Gasteiger partial charge in [-0.1, -0.05) is 26.0 Å². The van der Waals surface area contributed by atoms with Crippen molar-refractivity contribution in [1.29, 1.82) is 0 Å². The van der Waals surface area contributed by atoms with Crippen LogP contribution in [0.1, 0.15) is 25.8 Å². The van der Waals surface area contributed by atoms with E-state index in [-0.39, 0.29) is 17.6 Å². The van der Waals surface area contributed by atoms with E-state index < -0.39 is 15.3 Å². The van der Waals surface area contributed by atoms with Gasteiger partial charge in [-0.15, -0.1) is 0 Å². The van der Waals surface area contributed by atoms with Crippen molar-refractivity contribution in [1.82, 2.24) is 5.43 Å². The van der Waals surface area contributed by atoms with E-state index in [1.165, 1.54) is 18.4 Å². The number of hydrogen-bond acceptors (Lipinski definition) is 4. The number of hydrazine groups is 1. The van der Waals surface area contributed by atoms with Gasteiger partial charge in [0.2, 0.25) is 0 Å². The topological polar surface area (TPSA) is 72.2 Å². The molecular formula is C13H21FN2O2S. The standard InChI is InChI=1S/C13H21FN2O2S/c1-13(2,10-4-6-11(14)7-5-10)12(16-15)8-9-19(3,17)18/h4-7,12,16H,8-9,15H2,1-3H3. The van der Waals surface area contributed by atoms with Crippen molar-refractivity contribution in [3.63, 3.8) is 0 Å². The van der Waals surface area contributed by atoms with Crippen LogP contribution in [-0.4, -0.2) is 26.5 Å². The Kier molecular flexibility index (Phi) is 5.06. The first-order valence-corrected chi connectivity index (χ1v) is 8.13. The summed E-state index contributed by atoms with van der Waals surface area (Å²) < 4.78 is 35.4. The van der Waals surface area contributed by atoms with Crippen LogP contribution in [0.4, 0.5) is 4.39 Å². The molecule has 0 bridgehead atoms. The Bertz CT molecular complexity index is 512. The van der Waals surface area contributed by atoms with Crippen LogP contribution in [0.25, 0.3) is 0 Å². The fourth-order valence-electron chi connectivity index (χ4n) is 2.07. The maximum atomic E-state index is 12.9. The Labute approximate surface area is 114 Å². The maximum absolute atomic E-state index is 12.9. The van der Waals surface area contributed by atoms with Crippen molar-refractivity contribution in [2.45, 2.75) is 31.7 Å². The Morgan fingerprint density at radius 2 is 1.84 bits per heavy atom. The minimum absolute atomic E-state index is 0.0620. The van der Waals surface area contributed by atoms with Gasteiger partial charge in [0.25, 0.3) is 0 Å². The molecule has 3 N–H and O–H groups in total. The zero-order valence-electron chi connectivity index (χ0n) is 11.5. The van der Waals surface area contributed by atoms with Gasteiger partial charge < -0.3 is 0 Å². The molecule has 0 spiro atoms. The monoisotopic (exact) mass is 288 g/mol. The van der Waals surface area contributed by atoms with Gasteiger partial charge in [-0.25, -0.2) is 12.8 Å². The number of benzene rings is 1. The predicted octanol–water partition coefficient (Wildman–Crippen LogP) is 1.37. The number of nitrogens with two attached hydrogens (primary N) is 1. The SMILES string of the molecule is CC(C)(c1ccc(F)cc1)C(CCS(C)(=O)=O)NN. The van der Waals surface area contributed by atoms with E-state index in [1.807, 2.05) is 13.8 Å². The van der Waals surface area contributed by atoms with E-state index in [0.717, 1.165) is 5.56 Å². The number of halogens is 1. The third-order valence-corrected chi connectivity index (χ3v) is 4.42. The summed E-state index contributed by atoms with van der Waals surface area (Å²) in [6.07, 6.45) is 1.60. The lowest BCUT2D eigenvalue weighted by molar-refractivity contribution is 0.335. The molecule has 1 aromatic rings. The van der Waals surface area contributed by atoms with Gasteiger partial charge in [0.1, 0.15) is 15.7 Å². The molecule has 0 aliphatic rings. The summed E-state index contributed by atoms with van der Waals surface area (Å²) in [6, 6.07) is 5.95. The van der Waals surface area contributed by atoms with Crippen molar-refractivity contribution in [2.24, 2.45) is 5.84 Å². The molecule has 0 heterocycles. The second kappa shape index (κ2) is 5.98. The molecule has 0 aliphatic carbocycles. The summed E-state index contributed by atoms with van der Waals surface area (Å²) in [5.41, 5.74) is 3.18. The number of sulfone groups is 1. The van der Waals surface area contributed by atoms with Crippen LogP contribution in [0, 0.1) is 5.82 Å². The third-order valence-electron chi connectivity index (χ3n) is 3.44. The van der Waals surface area contributed by atoms with Crippen LogP contribution in [0.2, 0.25) is 0 Å². The Morgan fingerprint density at radius 3 is 2.26 bits per heavy atom. The first kappa shape index (κ1) is 16.1. The first-order valence-electron chi connectivity index (χ1n) is 6.06. The van der Waals surface area contributed by atoms with Gasteiger partial charge in [-0.2, -0.15) is 0 Å². The zero-order valence-corrected chi connectivity index (χ0v) is 12.3. The molecule has 0 radical (unpaired) electrons. The molecule has 1 unspecified atom stereocenters. The summed E-state index contributed by atoms with van der Waals surface area (Å²) in [4.78, 5) is 0. The molecule has 108 valence electrons. The van der Waals surface area contributed by atoms with Crippen LogP contribution in [0.15, 0.2) is 24.3 Å². The van der Waals surface area contributed by atoms with Crippen LogP contribution in [0.3, 0.4) is 0 Å². The van der Waals surface area contributed by atoms with Crippen LogP contribution >= 0.6 is 0 Å². The molecule has 1 aromatic carbocycles. The van der Waals surface area contributed by atoms with Gasteiger partial charge in [0.15, 0.2) is 0 Å². The first-order chi connectivity index (χ1) is 8.66. The van der Waals surface area contributed by atoms with E-state index >= 15 is 0 Å². The molecule has 19 heavy (non-hydrogen) atoms. The van der Waals surface area contributed by atoms with E-state index in [9.17, 15) is 12.8 Å². The number of rotatable bonds is 6. The highest BCUT2D eigenvalue weighted by Crippen LogP contribution is 2.29. The normalized spacial score (nSPS) is 14.4. The molecule has 1 rings (SSSR count). The minimum atomic E-state index is -3.03. The summed E-state index contributed by atoms with van der Waals surface area (Å²) in [7, 11) is -3.03. The second-order valence-electron chi connectivity index (χ2n) is 5.37. The van der Waals surface area contributed by atoms with Crippen molar-refractivity contribution in [2.75, 3.05) is 12.0 Å². The molecule has 0 fully saturated rings. The third kappa shape index (κ3) is 4.56. The van der Waals surface area contributed by atoms with Crippen molar-refractivity contribution < 1.29 is 12.8 Å². The highest BCUT2D eigenvalue weighted by atomic mass is 32.2. The average Bonchev–Trinajstić information content (AvgIpc) is 2.28. The molecule has 0 aliphatic heterocycles. The lowest BCUT2D eigenvalue weighted by atomic mass is 9.77. The van der Waals surface area contributed by atoms with Crippen molar-refractivity contribution >= 4 is 9.84 Å². The van der Waals surface area contributed by atoms with Gasteiger partial charge in [-0.05, 0) is 24.1 Å². The molecule has 0 aromatic heterocycles. The fraction of sp³-hybridized carbons (Fsp3) is 0.538. The Balaban J connectivity index is 2.91. The van der Waals surface area contributed by atoms with Crippen LogP contribution in [-0.2, 0) is 15.3 Å². The quantitative estimate of drug-likeness (QED) is 0.612. The Morgan fingerprint density at radius 1 is 1.32 bits per heavy atom. The maximum Gasteiger partial charge on any atom is 0.147 e. The van der Waals surface area contributed by atoms with E-state index in [0.29, 0.717) is 6.42 Å². The molecule has 0 saturated heterocycles. The minimum Gasteiger partial charge on any atom is -0.271 e. The van der Waals surface area contributed by atoms with Crippen LogP contribution < -0.4 is 11.3 Å². The smallest absolute Gasteiger partial charge is 0.147 e. The van der Waals surface area contributed by atoms with Gasteiger partial charge >= 0.3 is 0 Å². The molecule has 1 atom stereocenters. The highest BCUT2D eigenvalue weighted by molar-refractivity contribution is 7.90. The average molecular weight is 288 g/mol. The molecular weight excluding hydrogens is 267 g/mol. The zero-order chi connectivity index (χ0) is 14.7. The summed E-state index contributed by atoms with van der Waals surface area (Å²) >= 11 is 0. The van der Waals surface area contributed by atoms with Gasteiger partial charge in [0.05, 0.1) is 5.75 Å². The van der Waals surface area contributed by atoms with Crippen molar-refractivity contribution in [3.8, 4) is 0 Å². The lowest BCUT2D eigenvalue weighted by Crippen LogP contribution is -2.49. The summed E-state index contributed by atoms with van der Waals surface area (Å²) in [5, 5.41) is 0. The van der Waals surface area contributed by atoms with Crippen LogP contribution in [0.5, 0.6) is 0 Å². The predicted molar refractivity (Wildman–Crippen MR) is 74.9 cm³/mol. The highest BCUT2D eigenvalue weighted by Gasteiger charge is 2.31. The molecule has 0 saturated carbocycles. The summed E-state index contributed by atoms with van der Waals surface area (Å²) in [6.45, 7) is 3.90. The molecule has 0 amide bonds. The van der Waals surface area contributed by atoms with E-state index in [2.05, 4.69) is 5.43 Å². The second-order valence-corrected chi connectivity index (χ2v) is 7.63. The number of hydrogen-bond donors (Lipinski definition) is 2. The number of nitrogens with one attached hydrogen (secondary N) is 1. The lowest BCUT2D eigenvalue weighted by Gasteiger charge is -2.34. The van der Waals surface area contributed by atoms with Gasteiger partial charge in [0, 0.05) is 17.7 Å². The van der Waals surface area contributed by atoms with Crippen molar-refractivity contribution in [3.05, 3.63) is 35.6 Å². The Hall–Kier alpha value is -0.980. The fourth-order valence-corrected chi connectivity index (χ4v) is 2.73. The van der Waals surface area contributed by atoms with E-state index in [1.54, 1.807) is 12.1 Å². The van der Waals surface area contributed by atoms with E-state index in [4.69, 9.17) is 5.84 Å². The largest absolute Gasteiger partial charge is 0.271 e. The summed E-state index contributed by atoms with van der Waals surface area (Å²) in [5.74, 6) is 5.30. The molecule has 4 nitrogen and oxygen atoms in total. The molecule has 6 heteroatoms.